The van der Waals surface area contributed by atoms with Crippen LogP contribution in [0.4, 0.5) is 5.69 Å². The van der Waals surface area contributed by atoms with Crippen LogP contribution < -0.4 is 0 Å². The fraction of sp³-hybridized carbons (Fsp3) is 0.429. The average molecular weight is 310 g/mol. The number of aliphatic hydroxyl groups excluding tert-OH is 1. The van der Waals surface area contributed by atoms with Gasteiger partial charge in [0.15, 0.2) is 0 Å². The van der Waals surface area contributed by atoms with Crippen LogP contribution in [0, 0.1) is 10.1 Å². The van der Waals surface area contributed by atoms with Gasteiger partial charge >= 0.3 is 5.97 Å². The summed E-state index contributed by atoms with van der Waals surface area (Å²) in [6.45, 7) is 1.75. The maximum absolute atomic E-state index is 12.3. The van der Waals surface area contributed by atoms with Crippen LogP contribution in [0.2, 0.25) is 0 Å². The molecule has 0 radical (unpaired) electrons. The van der Waals surface area contributed by atoms with Crippen molar-refractivity contribution in [1.82, 2.24) is 4.90 Å². The first-order valence-corrected chi connectivity index (χ1v) is 6.79. The highest BCUT2D eigenvalue weighted by atomic mass is 16.6. The SMILES string of the molecule is CCOC(=O)CCN(CCO)C(=O)c1cccc([N+](=O)[O-])c1. The molecule has 1 N–H and O–H groups in total. The molecule has 120 valence electrons. The third-order valence-corrected chi connectivity index (χ3v) is 2.85. The number of esters is 1. The molecule has 1 aromatic carbocycles. The number of aliphatic hydroxyl groups is 1. The number of benzene rings is 1. The number of non-ortho nitro benzene ring substituents is 1. The van der Waals surface area contributed by atoms with Crippen LogP contribution in [0.15, 0.2) is 24.3 Å². The Morgan fingerprint density at radius 1 is 1.36 bits per heavy atom. The zero-order chi connectivity index (χ0) is 16.5. The normalized spacial score (nSPS) is 10.1. The van der Waals surface area contributed by atoms with Crippen molar-refractivity contribution in [3.63, 3.8) is 0 Å². The number of hydrogen-bond acceptors (Lipinski definition) is 6. The van der Waals surface area contributed by atoms with Gasteiger partial charge in [-0.25, -0.2) is 0 Å². The number of nitro benzene ring substituents is 1. The van der Waals surface area contributed by atoms with E-state index in [-0.39, 0.29) is 44.0 Å². The second-order valence-corrected chi connectivity index (χ2v) is 4.38. The summed E-state index contributed by atoms with van der Waals surface area (Å²) in [7, 11) is 0. The Bertz CT molecular complexity index is 546. The fourth-order valence-corrected chi connectivity index (χ4v) is 1.83. The van der Waals surface area contributed by atoms with Gasteiger partial charge in [-0.3, -0.25) is 19.7 Å². The molecule has 0 fully saturated rings. The Morgan fingerprint density at radius 2 is 2.09 bits per heavy atom. The van der Waals surface area contributed by atoms with Crippen molar-refractivity contribution >= 4 is 17.6 Å². The van der Waals surface area contributed by atoms with Gasteiger partial charge in [-0.05, 0) is 13.0 Å². The molecule has 0 atom stereocenters. The third-order valence-electron chi connectivity index (χ3n) is 2.85. The van der Waals surface area contributed by atoms with E-state index in [4.69, 9.17) is 9.84 Å². The van der Waals surface area contributed by atoms with Crippen LogP contribution in [0.3, 0.4) is 0 Å². The Kier molecular flexibility index (Phi) is 6.97. The number of rotatable bonds is 8. The van der Waals surface area contributed by atoms with Gasteiger partial charge in [-0.15, -0.1) is 0 Å². The highest BCUT2D eigenvalue weighted by Crippen LogP contribution is 2.15. The van der Waals surface area contributed by atoms with Gasteiger partial charge in [0.25, 0.3) is 11.6 Å². The van der Waals surface area contributed by atoms with Crippen LogP contribution in [-0.4, -0.2) is 53.1 Å². The number of hydrogen-bond donors (Lipinski definition) is 1. The standard InChI is InChI=1S/C14H18N2O6/c1-2-22-13(18)6-7-15(8-9-17)14(19)11-4-3-5-12(10-11)16(20)21/h3-5,10,17H,2,6-9H2,1H3. The minimum atomic E-state index is -0.591. The van der Waals surface area contributed by atoms with E-state index in [2.05, 4.69) is 0 Å². The molecule has 0 bridgehead atoms. The Balaban J connectivity index is 2.81. The molecule has 0 aliphatic rings. The molecule has 1 rings (SSSR count). The van der Waals surface area contributed by atoms with Crippen LogP contribution in [-0.2, 0) is 9.53 Å². The van der Waals surface area contributed by atoms with Gasteiger partial charge in [0, 0.05) is 30.8 Å². The van der Waals surface area contributed by atoms with E-state index in [0.717, 1.165) is 6.07 Å². The average Bonchev–Trinajstić information content (AvgIpc) is 2.51. The van der Waals surface area contributed by atoms with Gasteiger partial charge in [-0.1, -0.05) is 6.07 Å². The minimum absolute atomic E-state index is 0.00545. The maximum atomic E-state index is 12.3. The second kappa shape index (κ2) is 8.73. The highest BCUT2D eigenvalue weighted by molar-refractivity contribution is 5.95. The van der Waals surface area contributed by atoms with Crippen LogP contribution in [0.1, 0.15) is 23.7 Å². The van der Waals surface area contributed by atoms with Crippen molar-refractivity contribution in [2.24, 2.45) is 0 Å². The number of ether oxygens (including phenoxy) is 1. The van der Waals surface area contributed by atoms with Crippen molar-refractivity contribution in [3.8, 4) is 0 Å². The van der Waals surface area contributed by atoms with Gasteiger partial charge in [-0.2, -0.15) is 0 Å². The van der Waals surface area contributed by atoms with Gasteiger partial charge in [0.1, 0.15) is 0 Å². The van der Waals surface area contributed by atoms with Crippen molar-refractivity contribution in [3.05, 3.63) is 39.9 Å². The van der Waals surface area contributed by atoms with Gasteiger partial charge in [0.05, 0.1) is 24.6 Å². The van der Waals surface area contributed by atoms with E-state index in [1.165, 1.54) is 23.1 Å². The minimum Gasteiger partial charge on any atom is -0.466 e. The number of nitrogens with zero attached hydrogens (tertiary/aromatic N) is 2. The monoisotopic (exact) mass is 310 g/mol. The number of carbonyl (C=O) groups excluding carboxylic acids is 2. The first-order valence-electron chi connectivity index (χ1n) is 6.79. The number of amides is 1. The lowest BCUT2D eigenvalue weighted by Gasteiger charge is -2.21. The zero-order valence-corrected chi connectivity index (χ0v) is 12.2. The quantitative estimate of drug-likeness (QED) is 0.435. The molecule has 1 aromatic rings. The molecule has 0 aliphatic carbocycles. The summed E-state index contributed by atoms with van der Waals surface area (Å²) in [6.07, 6.45) is -0.00545. The Morgan fingerprint density at radius 3 is 2.68 bits per heavy atom. The van der Waals surface area contributed by atoms with Crippen LogP contribution in [0.25, 0.3) is 0 Å². The first kappa shape index (κ1) is 17.6. The van der Waals surface area contributed by atoms with Crippen molar-refractivity contribution in [2.45, 2.75) is 13.3 Å². The number of carbonyl (C=O) groups is 2. The predicted octanol–water partition coefficient (Wildman–Crippen LogP) is 0.982. The molecule has 0 aromatic heterocycles. The molecular weight excluding hydrogens is 292 g/mol. The van der Waals surface area contributed by atoms with Crippen LogP contribution >= 0.6 is 0 Å². The van der Waals surface area contributed by atoms with Gasteiger partial charge in [0.2, 0.25) is 0 Å². The summed E-state index contributed by atoms with van der Waals surface area (Å²) in [6, 6.07) is 5.31. The predicted molar refractivity (Wildman–Crippen MR) is 77.3 cm³/mol. The summed E-state index contributed by atoms with van der Waals surface area (Å²) < 4.78 is 4.78. The fourth-order valence-electron chi connectivity index (χ4n) is 1.83. The Hall–Kier alpha value is -2.48. The van der Waals surface area contributed by atoms with E-state index >= 15 is 0 Å². The molecule has 8 heteroatoms. The summed E-state index contributed by atoms with van der Waals surface area (Å²) in [4.78, 5) is 35.1. The lowest BCUT2D eigenvalue weighted by Crippen LogP contribution is -2.35. The molecular formula is C14H18N2O6. The largest absolute Gasteiger partial charge is 0.466 e. The molecule has 0 heterocycles. The van der Waals surface area contributed by atoms with Crippen molar-refractivity contribution in [2.75, 3.05) is 26.3 Å². The summed E-state index contributed by atoms with van der Waals surface area (Å²) in [5.41, 5.74) is -0.0632. The lowest BCUT2D eigenvalue weighted by molar-refractivity contribution is -0.384. The number of nitro groups is 1. The molecule has 0 saturated heterocycles. The van der Waals surface area contributed by atoms with Gasteiger partial charge < -0.3 is 14.7 Å². The summed E-state index contributed by atoms with van der Waals surface area (Å²) >= 11 is 0. The van der Waals surface area contributed by atoms with Crippen molar-refractivity contribution < 1.29 is 24.4 Å². The molecule has 0 aliphatic heterocycles. The molecule has 22 heavy (non-hydrogen) atoms. The third kappa shape index (κ3) is 5.13. The summed E-state index contributed by atoms with van der Waals surface area (Å²) in [5, 5.41) is 19.8. The van der Waals surface area contributed by atoms with E-state index in [1.807, 2.05) is 0 Å². The highest BCUT2D eigenvalue weighted by Gasteiger charge is 2.19. The van der Waals surface area contributed by atoms with E-state index < -0.39 is 16.8 Å². The maximum Gasteiger partial charge on any atom is 0.307 e. The zero-order valence-electron chi connectivity index (χ0n) is 12.2. The van der Waals surface area contributed by atoms with E-state index in [0.29, 0.717) is 0 Å². The molecule has 0 unspecified atom stereocenters. The van der Waals surface area contributed by atoms with E-state index in [1.54, 1.807) is 6.92 Å². The molecule has 0 spiro atoms. The smallest absolute Gasteiger partial charge is 0.307 e. The lowest BCUT2D eigenvalue weighted by atomic mass is 10.1. The second-order valence-electron chi connectivity index (χ2n) is 4.38. The van der Waals surface area contributed by atoms with Crippen LogP contribution in [0.5, 0.6) is 0 Å². The molecule has 1 amide bonds. The molecule has 8 nitrogen and oxygen atoms in total. The Labute approximate surface area is 127 Å². The molecule has 0 saturated carbocycles. The summed E-state index contributed by atoms with van der Waals surface area (Å²) in [5.74, 6) is -0.931. The first-order chi connectivity index (χ1) is 10.5. The topological polar surface area (TPSA) is 110 Å². The van der Waals surface area contributed by atoms with E-state index in [9.17, 15) is 19.7 Å². The van der Waals surface area contributed by atoms with Crippen molar-refractivity contribution in [1.29, 1.82) is 0 Å².